The Morgan fingerprint density at radius 3 is 2.44 bits per heavy atom. The number of hydrogen-bond acceptors (Lipinski definition) is 2. The van der Waals surface area contributed by atoms with Crippen LogP contribution in [0.15, 0.2) is 30.3 Å². The smallest absolute Gasteiger partial charge is 0.315 e. The van der Waals surface area contributed by atoms with Crippen LogP contribution in [0.5, 0.6) is 0 Å². The Morgan fingerprint density at radius 1 is 1.22 bits per heavy atom. The van der Waals surface area contributed by atoms with Gasteiger partial charge in [0.2, 0.25) is 0 Å². The van der Waals surface area contributed by atoms with Crippen LogP contribution in [0.25, 0.3) is 0 Å². The summed E-state index contributed by atoms with van der Waals surface area (Å²) in [5.41, 5.74) is 0.878. The Morgan fingerprint density at radius 2 is 1.89 bits per heavy atom. The fourth-order valence-corrected chi connectivity index (χ4v) is 1.58. The fourth-order valence-electron chi connectivity index (χ4n) is 1.58. The second-order valence-corrected chi connectivity index (χ2v) is 4.02. The van der Waals surface area contributed by atoms with Crippen molar-refractivity contribution in [3.8, 4) is 6.07 Å². The molecule has 5 heteroatoms. The summed E-state index contributed by atoms with van der Waals surface area (Å²) in [4.78, 5) is 0. The number of rotatable bonds is 6. The molecule has 0 saturated heterocycles. The highest BCUT2D eigenvalue weighted by molar-refractivity contribution is 5.24. The normalized spacial score (nSPS) is 13.0. The highest BCUT2D eigenvalue weighted by Gasteiger charge is 2.25. The van der Waals surface area contributed by atoms with Crippen LogP contribution in [0.4, 0.5) is 13.2 Å². The van der Waals surface area contributed by atoms with Crippen molar-refractivity contribution in [2.45, 2.75) is 24.9 Å². The van der Waals surface area contributed by atoms with Gasteiger partial charge in [0, 0.05) is 13.0 Å². The average Bonchev–Trinajstić information content (AvgIpc) is 2.33. The van der Waals surface area contributed by atoms with Crippen LogP contribution in [0.2, 0.25) is 0 Å². The Kier molecular flexibility index (Phi) is 5.66. The van der Waals surface area contributed by atoms with Gasteiger partial charge in [-0.05, 0) is 18.5 Å². The van der Waals surface area contributed by atoms with Gasteiger partial charge >= 0.3 is 6.18 Å². The van der Waals surface area contributed by atoms with E-state index in [1.807, 2.05) is 30.3 Å². The summed E-state index contributed by atoms with van der Waals surface area (Å²) in [5.74, 6) is -0.322. The Balaban J connectivity index is 2.28. The molecule has 1 N–H and O–H groups in total. The number of halogens is 3. The number of nitriles is 1. The van der Waals surface area contributed by atoms with Gasteiger partial charge in [-0.2, -0.15) is 18.4 Å². The van der Waals surface area contributed by atoms with Crippen LogP contribution in [-0.4, -0.2) is 19.3 Å². The maximum absolute atomic E-state index is 11.9. The zero-order valence-corrected chi connectivity index (χ0v) is 9.87. The standard InChI is InChI=1S/C13H15F3N2/c14-13(15,16)7-4-8-18-10-12(9-17)11-5-2-1-3-6-11/h1-3,5-6,12,18H,4,7-8,10H2. The molecule has 0 spiro atoms. The zero-order valence-electron chi connectivity index (χ0n) is 9.87. The Labute approximate surface area is 104 Å². The first kappa shape index (κ1) is 14.5. The SMILES string of the molecule is N#CC(CNCCCC(F)(F)F)c1ccccc1. The van der Waals surface area contributed by atoms with Crippen LogP contribution < -0.4 is 5.32 Å². The number of hydrogen-bond donors (Lipinski definition) is 1. The van der Waals surface area contributed by atoms with E-state index in [1.54, 1.807) is 0 Å². The lowest BCUT2D eigenvalue weighted by molar-refractivity contribution is -0.135. The summed E-state index contributed by atoms with van der Waals surface area (Å²) in [6.07, 6.45) is -4.85. The quantitative estimate of drug-likeness (QED) is 0.793. The summed E-state index contributed by atoms with van der Waals surface area (Å²) in [6, 6.07) is 11.3. The molecule has 98 valence electrons. The van der Waals surface area contributed by atoms with E-state index in [-0.39, 0.29) is 18.9 Å². The zero-order chi connectivity index (χ0) is 13.4. The molecule has 1 aromatic carbocycles. The fraction of sp³-hybridized carbons (Fsp3) is 0.462. The molecule has 0 fully saturated rings. The summed E-state index contributed by atoms with van der Waals surface area (Å²) in [6.45, 7) is 0.642. The molecular weight excluding hydrogens is 241 g/mol. The van der Waals surface area contributed by atoms with Crippen molar-refractivity contribution >= 4 is 0 Å². The molecule has 0 aromatic heterocycles. The third-order valence-corrected chi connectivity index (χ3v) is 2.52. The molecule has 0 amide bonds. The first-order chi connectivity index (χ1) is 8.53. The van der Waals surface area contributed by atoms with Crippen LogP contribution in [0.3, 0.4) is 0 Å². The maximum atomic E-state index is 11.9. The minimum Gasteiger partial charge on any atom is -0.315 e. The minimum absolute atomic E-state index is 0.0381. The average molecular weight is 256 g/mol. The first-order valence-corrected chi connectivity index (χ1v) is 5.75. The summed E-state index contributed by atoms with van der Waals surface area (Å²) < 4.78 is 35.7. The van der Waals surface area contributed by atoms with E-state index < -0.39 is 12.6 Å². The van der Waals surface area contributed by atoms with Gasteiger partial charge in [0.15, 0.2) is 0 Å². The lowest BCUT2D eigenvalue weighted by Gasteiger charge is -2.11. The largest absolute Gasteiger partial charge is 0.389 e. The number of alkyl halides is 3. The van der Waals surface area contributed by atoms with E-state index in [0.29, 0.717) is 6.54 Å². The van der Waals surface area contributed by atoms with Gasteiger partial charge in [-0.1, -0.05) is 30.3 Å². The highest BCUT2D eigenvalue weighted by atomic mass is 19.4. The molecule has 0 radical (unpaired) electrons. The van der Waals surface area contributed by atoms with Crippen molar-refractivity contribution in [2.24, 2.45) is 0 Å². The number of nitrogens with one attached hydrogen (secondary N) is 1. The molecule has 0 bridgehead atoms. The van der Waals surface area contributed by atoms with Gasteiger partial charge < -0.3 is 5.32 Å². The number of benzene rings is 1. The molecule has 0 aliphatic heterocycles. The lowest BCUT2D eigenvalue weighted by atomic mass is 10.0. The van der Waals surface area contributed by atoms with E-state index in [2.05, 4.69) is 11.4 Å². The van der Waals surface area contributed by atoms with Gasteiger partial charge in [-0.25, -0.2) is 0 Å². The second kappa shape index (κ2) is 7.02. The van der Waals surface area contributed by atoms with Crippen LogP contribution >= 0.6 is 0 Å². The lowest BCUT2D eigenvalue weighted by Crippen LogP contribution is -2.23. The molecule has 0 saturated carbocycles. The van der Waals surface area contributed by atoms with Crippen molar-refractivity contribution in [2.75, 3.05) is 13.1 Å². The predicted molar refractivity (Wildman–Crippen MR) is 63.0 cm³/mol. The predicted octanol–water partition coefficient (Wildman–Crippen LogP) is 3.23. The van der Waals surface area contributed by atoms with Crippen molar-refractivity contribution in [1.29, 1.82) is 5.26 Å². The van der Waals surface area contributed by atoms with Gasteiger partial charge in [-0.15, -0.1) is 0 Å². The molecule has 1 rings (SSSR count). The molecule has 1 atom stereocenters. The van der Waals surface area contributed by atoms with Gasteiger partial charge in [0.25, 0.3) is 0 Å². The molecule has 0 aliphatic rings. The molecule has 2 nitrogen and oxygen atoms in total. The molecular formula is C13H15F3N2. The van der Waals surface area contributed by atoms with E-state index in [1.165, 1.54) is 0 Å². The van der Waals surface area contributed by atoms with Gasteiger partial charge in [-0.3, -0.25) is 0 Å². The third kappa shape index (κ3) is 5.69. The summed E-state index contributed by atoms with van der Waals surface area (Å²) in [7, 11) is 0. The van der Waals surface area contributed by atoms with Crippen molar-refractivity contribution < 1.29 is 13.2 Å². The van der Waals surface area contributed by atoms with Crippen molar-refractivity contribution in [3.05, 3.63) is 35.9 Å². The van der Waals surface area contributed by atoms with Crippen LogP contribution in [-0.2, 0) is 0 Å². The highest BCUT2D eigenvalue weighted by Crippen LogP contribution is 2.20. The van der Waals surface area contributed by atoms with Gasteiger partial charge in [0.1, 0.15) is 0 Å². The molecule has 18 heavy (non-hydrogen) atoms. The minimum atomic E-state index is -4.10. The van der Waals surface area contributed by atoms with E-state index in [9.17, 15) is 13.2 Å². The van der Waals surface area contributed by atoms with Crippen LogP contribution in [0.1, 0.15) is 24.3 Å². The topological polar surface area (TPSA) is 35.8 Å². The van der Waals surface area contributed by atoms with Gasteiger partial charge in [0.05, 0.1) is 12.0 Å². The van der Waals surface area contributed by atoms with E-state index >= 15 is 0 Å². The maximum Gasteiger partial charge on any atom is 0.389 e. The molecule has 1 unspecified atom stereocenters. The Hall–Kier alpha value is -1.54. The summed E-state index contributed by atoms with van der Waals surface area (Å²) in [5, 5.41) is 11.9. The Bertz CT molecular complexity index is 381. The number of nitrogens with zero attached hydrogens (tertiary/aromatic N) is 1. The third-order valence-electron chi connectivity index (χ3n) is 2.52. The molecule has 0 heterocycles. The molecule has 1 aromatic rings. The van der Waals surface area contributed by atoms with E-state index in [4.69, 9.17) is 5.26 Å². The summed E-state index contributed by atoms with van der Waals surface area (Å²) >= 11 is 0. The van der Waals surface area contributed by atoms with Crippen molar-refractivity contribution in [1.82, 2.24) is 5.32 Å². The van der Waals surface area contributed by atoms with Crippen molar-refractivity contribution in [3.63, 3.8) is 0 Å². The molecule has 0 aliphatic carbocycles. The first-order valence-electron chi connectivity index (χ1n) is 5.75. The second-order valence-electron chi connectivity index (χ2n) is 4.02. The van der Waals surface area contributed by atoms with E-state index in [0.717, 1.165) is 5.56 Å². The van der Waals surface area contributed by atoms with Crippen LogP contribution in [0, 0.1) is 11.3 Å². The monoisotopic (exact) mass is 256 g/mol.